The smallest absolute Gasteiger partial charge is 0.290 e. The van der Waals surface area contributed by atoms with Crippen LogP contribution in [0, 0.1) is 12.8 Å². The molecule has 1 aromatic heterocycles. The molecule has 0 radical (unpaired) electrons. The van der Waals surface area contributed by atoms with E-state index in [1.54, 1.807) is 6.26 Å². The van der Waals surface area contributed by atoms with Crippen LogP contribution in [0.2, 0.25) is 0 Å². The average Bonchev–Trinajstić information content (AvgIpc) is 2.83. The monoisotopic (exact) mass is 222 g/mol. The zero-order chi connectivity index (χ0) is 11.7. The van der Waals surface area contributed by atoms with Gasteiger partial charge < -0.3 is 15.1 Å². The van der Waals surface area contributed by atoms with Crippen LogP contribution in [0.25, 0.3) is 0 Å². The molecule has 2 unspecified atom stereocenters. The molecular formula is C12H18N2O2. The predicted octanol–water partition coefficient (Wildman–Crippen LogP) is 1.40. The fraction of sp³-hybridized carbons (Fsp3) is 0.583. The van der Waals surface area contributed by atoms with Crippen molar-refractivity contribution in [1.82, 2.24) is 4.90 Å². The molecule has 1 aliphatic rings. The lowest BCUT2D eigenvalue weighted by atomic mass is 10.0. The minimum absolute atomic E-state index is 0.0256. The van der Waals surface area contributed by atoms with E-state index < -0.39 is 0 Å². The van der Waals surface area contributed by atoms with Crippen LogP contribution in [0.1, 0.15) is 29.5 Å². The van der Waals surface area contributed by atoms with E-state index in [2.05, 4.69) is 6.92 Å². The Morgan fingerprint density at radius 3 is 3.00 bits per heavy atom. The molecule has 88 valence electrons. The Morgan fingerprint density at radius 2 is 2.44 bits per heavy atom. The predicted molar refractivity (Wildman–Crippen MR) is 61.1 cm³/mol. The van der Waals surface area contributed by atoms with Crippen LogP contribution < -0.4 is 5.73 Å². The fourth-order valence-electron chi connectivity index (χ4n) is 2.34. The fourth-order valence-corrected chi connectivity index (χ4v) is 2.34. The first-order chi connectivity index (χ1) is 7.65. The molecule has 2 heterocycles. The van der Waals surface area contributed by atoms with Crippen molar-refractivity contribution in [3.05, 3.63) is 23.7 Å². The van der Waals surface area contributed by atoms with E-state index in [0.29, 0.717) is 18.2 Å². The van der Waals surface area contributed by atoms with Crippen LogP contribution >= 0.6 is 0 Å². The highest BCUT2D eigenvalue weighted by molar-refractivity contribution is 5.93. The minimum Gasteiger partial charge on any atom is -0.459 e. The number of rotatable bonds is 2. The van der Waals surface area contributed by atoms with Crippen LogP contribution in [-0.4, -0.2) is 29.9 Å². The first-order valence-electron chi connectivity index (χ1n) is 5.70. The summed E-state index contributed by atoms with van der Waals surface area (Å²) in [6.07, 6.45) is 2.58. The number of nitrogens with zero attached hydrogens (tertiary/aromatic N) is 1. The van der Waals surface area contributed by atoms with Gasteiger partial charge in [-0.25, -0.2) is 0 Å². The van der Waals surface area contributed by atoms with Gasteiger partial charge in [0, 0.05) is 24.7 Å². The first kappa shape index (κ1) is 11.2. The number of aryl methyl sites for hydroxylation is 1. The Hall–Kier alpha value is -1.29. The third-order valence-electron chi connectivity index (χ3n) is 3.44. The molecule has 0 bridgehead atoms. The van der Waals surface area contributed by atoms with E-state index in [9.17, 15) is 4.79 Å². The van der Waals surface area contributed by atoms with Crippen LogP contribution in [0.15, 0.2) is 16.7 Å². The Morgan fingerprint density at radius 1 is 1.69 bits per heavy atom. The standard InChI is InChI=1S/C12H18N2O2/c1-8-3-5-14(10(8)7-13)12(15)11-9(2)4-6-16-11/h4,6,8,10H,3,5,7,13H2,1-2H3. The van der Waals surface area contributed by atoms with Gasteiger partial charge in [0.2, 0.25) is 0 Å². The van der Waals surface area contributed by atoms with Crippen molar-refractivity contribution >= 4 is 5.91 Å². The Kier molecular flexibility index (Phi) is 3.01. The van der Waals surface area contributed by atoms with E-state index in [1.165, 1.54) is 0 Å². The molecule has 1 fully saturated rings. The zero-order valence-electron chi connectivity index (χ0n) is 9.77. The van der Waals surface area contributed by atoms with Gasteiger partial charge in [-0.15, -0.1) is 0 Å². The minimum atomic E-state index is -0.0256. The molecule has 2 atom stereocenters. The van der Waals surface area contributed by atoms with Gasteiger partial charge in [0.05, 0.1) is 6.26 Å². The highest BCUT2D eigenvalue weighted by Crippen LogP contribution is 2.25. The molecule has 1 aromatic rings. The molecule has 0 saturated carbocycles. The summed E-state index contributed by atoms with van der Waals surface area (Å²) in [6, 6.07) is 1.96. The normalized spacial score (nSPS) is 25.1. The van der Waals surface area contributed by atoms with E-state index >= 15 is 0 Å². The summed E-state index contributed by atoms with van der Waals surface area (Å²) in [5, 5.41) is 0. The number of likely N-dealkylation sites (tertiary alicyclic amines) is 1. The quantitative estimate of drug-likeness (QED) is 0.822. The van der Waals surface area contributed by atoms with Crippen LogP contribution in [-0.2, 0) is 0 Å². The highest BCUT2D eigenvalue weighted by Gasteiger charge is 2.35. The number of furan rings is 1. The lowest BCUT2D eigenvalue weighted by Crippen LogP contribution is -2.42. The molecule has 0 aromatic carbocycles. The first-order valence-corrected chi connectivity index (χ1v) is 5.70. The lowest BCUT2D eigenvalue weighted by Gasteiger charge is -2.25. The van der Waals surface area contributed by atoms with Crippen molar-refractivity contribution in [3.63, 3.8) is 0 Å². The van der Waals surface area contributed by atoms with E-state index in [-0.39, 0.29) is 11.9 Å². The lowest BCUT2D eigenvalue weighted by molar-refractivity contribution is 0.0694. The summed E-state index contributed by atoms with van der Waals surface area (Å²) in [6.45, 7) is 5.32. The number of hydrogen-bond donors (Lipinski definition) is 1. The molecule has 4 nitrogen and oxygen atoms in total. The Balaban J connectivity index is 2.20. The number of hydrogen-bond acceptors (Lipinski definition) is 3. The van der Waals surface area contributed by atoms with Gasteiger partial charge in [0.25, 0.3) is 5.91 Å². The summed E-state index contributed by atoms with van der Waals surface area (Å²) in [5.74, 6) is 0.902. The van der Waals surface area contributed by atoms with Crippen molar-refractivity contribution in [2.24, 2.45) is 11.7 Å². The third kappa shape index (κ3) is 1.73. The molecule has 16 heavy (non-hydrogen) atoms. The van der Waals surface area contributed by atoms with E-state index in [4.69, 9.17) is 10.2 Å². The van der Waals surface area contributed by atoms with Crippen LogP contribution in [0.5, 0.6) is 0 Å². The zero-order valence-corrected chi connectivity index (χ0v) is 9.77. The Labute approximate surface area is 95.4 Å². The summed E-state index contributed by atoms with van der Waals surface area (Å²) < 4.78 is 5.23. The van der Waals surface area contributed by atoms with Crippen molar-refractivity contribution in [2.45, 2.75) is 26.3 Å². The molecular weight excluding hydrogens is 204 g/mol. The van der Waals surface area contributed by atoms with Gasteiger partial charge >= 0.3 is 0 Å². The van der Waals surface area contributed by atoms with Crippen molar-refractivity contribution in [2.75, 3.05) is 13.1 Å². The molecule has 4 heteroatoms. The number of amides is 1. The van der Waals surface area contributed by atoms with Gasteiger partial charge in [0.15, 0.2) is 5.76 Å². The van der Waals surface area contributed by atoms with Gasteiger partial charge in [-0.1, -0.05) is 6.92 Å². The summed E-state index contributed by atoms with van der Waals surface area (Å²) >= 11 is 0. The van der Waals surface area contributed by atoms with E-state index in [1.807, 2.05) is 17.9 Å². The molecule has 2 N–H and O–H groups in total. The number of nitrogens with two attached hydrogens (primary N) is 1. The highest BCUT2D eigenvalue weighted by atomic mass is 16.3. The average molecular weight is 222 g/mol. The largest absolute Gasteiger partial charge is 0.459 e. The maximum atomic E-state index is 12.2. The SMILES string of the molecule is Cc1ccoc1C(=O)N1CCC(C)C1CN. The molecule has 2 rings (SSSR count). The van der Waals surface area contributed by atoms with Gasteiger partial charge in [-0.2, -0.15) is 0 Å². The third-order valence-corrected chi connectivity index (χ3v) is 3.44. The molecule has 1 saturated heterocycles. The summed E-state index contributed by atoms with van der Waals surface area (Å²) in [4.78, 5) is 14.1. The molecule has 0 spiro atoms. The van der Waals surface area contributed by atoms with Gasteiger partial charge in [0.1, 0.15) is 0 Å². The molecule has 1 aliphatic heterocycles. The maximum Gasteiger partial charge on any atom is 0.290 e. The second-order valence-corrected chi connectivity index (χ2v) is 4.50. The van der Waals surface area contributed by atoms with Crippen LogP contribution in [0.3, 0.4) is 0 Å². The van der Waals surface area contributed by atoms with Gasteiger partial charge in [-0.3, -0.25) is 4.79 Å². The molecule has 1 amide bonds. The van der Waals surface area contributed by atoms with Crippen molar-refractivity contribution in [1.29, 1.82) is 0 Å². The van der Waals surface area contributed by atoms with Crippen molar-refractivity contribution < 1.29 is 9.21 Å². The number of carbonyl (C=O) groups excluding carboxylic acids is 1. The second-order valence-electron chi connectivity index (χ2n) is 4.50. The van der Waals surface area contributed by atoms with Gasteiger partial charge in [-0.05, 0) is 25.3 Å². The second kappa shape index (κ2) is 4.29. The van der Waals surface area contributed by atoms with Crippen molar-refractivity contribution in [3.8, 4) is 0 Å². The van der Waals surface area contributed by atoms with Crippen LogP contribution in [0.4, 0.5) is 0 Å². The summed E-state index contributed by atoms with van der Waals surface area (Å²) in [5.41, 5.74) is 6.61. The topological polar surface area (TPSA) is 59.5 Å². The Bertz CT molecular complexity index is 386. The maximum absolute atomic E-state index is 12.2. The molecule has 0 aliphatic carbocycles. The number of carbonyl (C=O) groups is 1. The summed E-state index contributed by atoms with van der Waals surface area (Å²) in [7, 11) is 0. The van der Waals surface area contributed by atoms with E-state index in [0.717, 1.165) is 18.5 Å².